The van der Waals surface area contributed by atoms with Crippen LogP contribution in [0.4, 0.5) is 24.9 Å². The zero-order chi connectivity index (χ0) is 52.5. The van der Waals surface area contributed by atoms with E-state index in [9.17, 15) is 38.7 Å². The van der Waals surface area contributed by atoms with Crippen molar-refractivity contribution in [1.82, 2.24) is 26.3 Å². The van der Waals surface area contributed by atoms with Crippen LogP contribution in [0.15, 0.2) is 96.1 Å². The highest BCUT2D eigenvalue weighted by Crippen LogP contribution is 2.44. The number of amides is 4. The number of benzene rings is 3. The predicted molar refractivity (Wildman–Crippen MR) is 264 cm³/mol. The number of hydrogen-bond donors (Lipinski definition) is 6. The molecule has 380 valence electrons. The van der Waals surface area contributed by atoms with Gasteiger partial charge in [0.25, 0.3) is 0 Å². The molecule has 0 aliphatic heterocycles. The molecule has 6 N–H and O–H groups in total. The lowest BCUT2D eigenvalue weighted by atomic mass is 9.98. The van der Waals surface area contributed by atoms with Gasteiger partial charge in [0, 0.05) is 24.1 Å². The van der Waals surface area contributed by atoms with E-state index >= 15 is 0 Å². The summed E-state index contributed by atoms with van der Waals surface area (Å²) in [7, 11) is 0. The Morgan fingerprint density at radius 2 is 1.21 bits per heavy atom. The Morgan fingerprint density at radius 3 is 1.73 bits per heavy atom. The van der Waals surface area contributed by atoms with E-state index in [1.54, 1.807) is 74.4 Å². The molecule has 19 heteroatoms. The van der Waals surface area contributed by atoms with Gasteiger partial charge in [-0.15, -0.1) is 0 Å². The van der Waals surface area contributed by atoms with Crippen molar-refractivity contribution in [2.24, 2.45) is 4.99 Å². The van der Waals surface area contributed by atoms with E-state index in [0.29, 0.717) is 30.5 Å². The Labute approximate surface area is 413 Å². The van der Waals surface area contributed by atoms with Crippen LogP contribution >= 0.6 is 0 Å². The number of nitrogens with one attached hydrogen (secondary N) is 4. The first-order valence-corrected chi connectivity index (χ1v) is 23.0. The summed E-state index contributed by atoms with van der Waals surface area (Å²) in [4.78, 5) is 92.1. The number of aliphatic carboxylic acids is 1. The number of Topliss-reactive ketones (excluding diaryl/α,β-unsaturated/α-hetero) is 1. The number of carboxylic acids is 2. The lowest BCUT2D eigenvalue weighted by molar-refractivity contribution is -0.139. The molecule has 1 atom stereocenters. The number of aromatic carboxylic acids is 1. The fourth-order valence-corrected chi connectivity index (χ4v) is 6.89. The van der Waals surface area contributed by atoms with Gasteiger partial charge in [-0.2, -0.15) is 0 Å². The molecule has 1 aliphatic carbocycles. The fourth-order valence-electron chi connectivity index (χ4n) is 6.89. The van der Waals surface area contributed by atoms with Crippen molar-refractivity contribution in [2.45, 2.75) is 130 Å². The third-order valence-electron chi connectivity index (χ3n) is 9.86. The number of aliphatic imine (C=N–C) groups is 1. The summed E-state index contributed by atoms with van der Waals surface area (Å²) in [6.07, 6.45) is 0.687. The molecule has 0 unspecified atom stereocenters. The van der Waals surface area contributed by atoms with Crippen LogP contribution in [0.3, 0.4) is 0 Å². The van der Waals surface area contributed by atoms with Gasteiger partial charge in [0.1, 0.15) is 29.5 Å². The molecule has 0 saturated heterocycles. The van der Waals surface area contributed by atoms with Crippen molar-refractivity contribution in [3.8, 4) is 11.1 Å². The molecule has 1 aromatic heterocycles. The summed E-state index contributed by atoms with van der Waals surface area (Å²) < 4.78 is 21.0. The van der Waals surface area contributed by atoms with Gasteiger partial charge in [-0.3, -0.25) is 20.4 Å². The number of alkyl carbamates (subject to hydrolysis) is 4. The average Bonchev–Trinajstić information content (AvgIpc) is 3.58. The van der Waals surface area contributed by atoms with Crippen molar-refractivity contribution in [1.29, 1.82) is 0 Å². The Hall–Kier alpha value is -7.83. The standard InChI is InChI=1S/C34H39N3O7.C18H25N3O6/c1-34(2,3)44-32(41)36-20-23-18-17-22(19-35-23)30(38)16-6-4-5-15-29(31(39)40)37-33(42)43-21-28-26-13-9-7-11-24(26)25-12-8-10-14-27(25)28;1-17(2,3)26-15(24)20-14(21-16(25)27-18(4,5)6)19-12-9-7-8-11(10-12)13(22)23/h7-14,17-19,28-29H,4-6,15-16,20-21H2,1-3H3,(H,36,41)(H,37,42)(H,39,40);7-10H,1-6H3,(H,22,23)(H2,19,20,21,24,25)/t29-;/m0./s1. The number of unbranched alkanes of at least 4 members (excludes halogenated alkanes) is 2. The third-order valence-corrected chi connectivity index (χ3v) is 9.86. The van der Waals surface area contributed by atoms with Gasteiger partial charge < -0.3 is 39.8 Å². The van der Waals surface area contributed by atoms with E-state index in [4.69, 9.17) is 24.1 Å². The molecule has 1 aliphatic rings. The van der Waals surface area contributed by atoms with E-state index < -0.39 is 59.2 Å². The maximum atomic E-state index is 12.6. The van der Waals surface area contributed by atoms with Crippen LogP contribution in [0, 0.1) is 0 Å². The normalized spacial score (nSPS) is 12.2. The monoisotopic (exact) mass is 980 g/mol. The van der Waals surface area contributed by atoms with Crippen molar-refractivity contribution in [3.63, 3.8) is 0 Å². The Bertz CT molecular complexity index is 2480. The number of pyridine rings is 1. The average molecular weight is 981 g/mol. The zero-order valence-electron chi connectivity index (χ0n) is 41.5. The van der Waals surface area contributed by atoms with Gasteiger partial charge in [0.05, 0.1) is 23.5 Å². The number of aromatic nitrogens is 1. The molecular weight excluding hydrogens is 917 g/mol. The zero-order valence-corrected chi connectivity index (χ0v) is 41.5. The maximum absolute atomic E-state index is 12.6. The highest BCUT2D eigenvalue weighted by atomic mass is 16.6. The Balaban J connectivity index is 0.000000348. The van der Waals surface area contributed by atoms with Gasteiger partial charge in [0.15, 0.2) is 5.78 Å². The first-order valence-electron chi connectivity index (χ1n) is 23.0. The minimum Gasteiger partial charge on any atom is -0.480 e. The number of carbonyl (C=O) groups is 7. The second kappa shape index (κ2) is 25.2. The van der Waals surface area contributed by atoms with E-state index in [1.165, 1.54) is 30.5 Å². The molecule has 1 heterocycles. The van der Waals surface area contributed by atoms with Crippen LogP contribution in [0.5, 0.6) is 0 Å². The van der Waals surface area contributed by atoms with E-state index in [-0.39, 0.29) is 54.9 Å². The third kappa shape index (κ3) is 19.6. The molecule has 71 heavy (non-hydrogen) atoms. The summed E-state index contributed by atoms with van der Waals surface area (Å²) in [5.74, 6) is -2.72. The number of ketones is 1. The minimum atomic E-state index is -1.14. The van der Waals surface area contributed by atoms with Crippen molar-refractivity contribution >= 4 is 53.7 Å². The predicted octanol–water partition coefficient (Wildman–Crippen LogP) is 9.65. The second-order valence-electron chi connectivity index (χ2n) is 19.3. The van der Waals surface area contributed by atoms with E-state index in [0.717, 1.165) is 22.3 Å². The molecule has 0 bridgehead atoms. The molecule has 0 fully saturated rings. The Kier molecular flexibility index (Phi) is 19.8. The lowest BCUT2D eigenvalue weighted by Crippen LogP contribution is -2.47. The van der Waals surface area contributed by atoms with Crippen LogP contribution in [-0.2, 0) is 30.3 Å². The molecule has 5 rings (SSSR count). The molecule has 4 amide bonds. The topological polar surface area (TPSA) is 270 Å². The summed E-state index contributed by atoms with van der Waals surface area (Å²) in [5, 5.41) is 28.4. The number of carbonyl (C=O) groups excluding carboxylic acids is 5. The number of carboxylic acid groups (broad SMARTS) is 2. The van der Waals surface area contributed by atoms with Crippen molar-refractivity contribution < 1.29 is 62.7 Å². The molecular formula is C52H64N6O13. The second-order valence-corrected chi connectivity index (χ2v) is 19.3. The Morgan fingerprint density at radius 1 is 0.648 bits per heavy atom. The number of ether oxygens (including phenoxy) is 4. The molecule has 0 saturated carbocycles. The molecule has 19 nitrogen and oxygen atoms in total. The van der Waals surface area contributed by atoms with Crippen LogP contribution in [0.25, 0.3) is 11.1 Å². The summed E-state index contributed by atoms with van der Waals surface area (Å²) >= 11 is 0. The highest BCUT2D eigenvalue weighted by molar-refractivity contribution is 6.02. The van der Waals surface area contributed by atoms with Crippen molar-refractivity contribution in [2.75, 3.05) is 6.61 Å². The quantitative estimate of drug-likeness (QED) is 0.0213. The van der Waals surface area contributed by atoms with E-state index in [1.807, 2.05) is 48.5 Å². The first kappa shape index (κ1) is 55.8. The molecule has 0 radical (unpaired) electrons. The smallest absolute Gasteiger partial charge is 0.414 e. The largest absolute Gasteiger partial charge is 0.480 e. The van der Waals surface area contributed by atoms with Gasteiger partial charge in [-0.1, -0.05) is 67.4 Å². The summed E-state index contributed by atoms with van der Waals surface area (Å²) in [5.41, 5.74) is 3.53. The summed E-state index contributed by atoms with van der Waals surface area (Å²) in [6.45, 7) is 15.7. The van der Waals surface area contributed by atoms with Gasteiger partial charge >= 0.3 is 36.3 Å². The number of nitrogens with zero attached hydrogens (tertiary/aromatic N) is 2. The van der Waals surface area contributed by atoms with Gasteiger partial charge in [0.2, 0.25) is 5.96 Å². The number of fused-ring (bicyclic) bond motifs is 3. The van der Waals surface area contributed by atoms with Crippen molar-refractivity contribution in [3.05, 3.63) is 119 Å². The lowest BCUT2D eigenvalue weighted by Gasteiger charge is -2.22. The van der Waals surface area contributed by atoms with Crippen LogP contribution in [0.2, 0.25) is 0 Å². The number of guanidine groups is 1. The van der Waals surface area contributed by atoms with Crippen LogP contribution in [0.1, 0.15) is 138 Å². The fraction of sp³-hybridized carbons (Fsp3) is 0.404. The SMILES string of the molecule is CC(C)(C)OC(=O)NC(=Nc1cccc(C(=O)O)c1)NC(=O)OC(C)(C)C.CC(C)(C)OC(=O)NCc1ccc(C(=O)CCCCC[C@H](NC(=O)OCC2c3ccccc3-c3ccccc32)C(=O)O)cn1. The molecule has 3 aromatic carbocycles. The van der Waals surface area contributed by atoms with E-state index in [2.05, 4.69) is 31.2 Å². The van der Waals surface area contributed by atoms with Crippen LogP contribution in [-0.4, -0.2) is 92.7 Å². The first-order chi connectivity index (χ1) is 33.3. The van der Waals surface area contributed by atoms with Gasteiger partial charge in [-0.05, 0) is 128 Å². The van der Waals surface area contributed by atoms with Crippen LogP contribution < -0.4 is 21.3 Å². The molecule has 4 aromatic rings. The number of rotatable bonds is 15. The molecule has 0 spiro atoms. The highest BCUT2D eigenvalue weighted by Gasteiger charge is 2.30. The minimum absolute atomic E-state index is 0.00476. The maximum Gasteiger partial charge on any atom is 0.414 e. The van der Waals surface area contributed by atoms with Gasteiger partial charge in [-0.25, -0.2) is 33.8 Å². The summed E-state index contributed by atoms with van der Waals surface area (Å²) in [6, 6.07) is 23.9. The number of hydrogen-bond acceptors (Lipinski definition) is 13.